The molecule has 0 heterocycles. The summed E-state index contributed by atoms with van der Waals surface area (Å²) in [7, 11) is 0. The Bertz CT molecular complexity index is 558. The van der Waals surface area contributed by atoms with E-state index in [4.69, 9.17) is 11.6 Å². The molecule has 0 aromatic heterocycles. The van der Waals surface area contributed by atoms with E-state index in [1.807, 2.05) is 6.92 Å². The first-order chi connectivity index (χ1) is 8.94. The highest BCUT2D eigenvalue weighted by Crippen LogP contribution is 2.23. The molecular weight excluding hydrogens is 270 g/mol. The van der Waals surface area contributed by atoms with Gasteiger partial charge in [0, 0.05) is 17.5 Å². The van der Waals surface area contributed by atoms with Crippen LogP contribution in [0.1, 0.15) is 22.8 Å². The molecule has 1 N–H and O–H groups in total. The lowest BCUT2D eigenvalue weighted by molar-refractivity contribution is 0.178. The van der Waals surface area contributed by atoms with Crippen molar-refractivity contribution in [3.63, 3.8) is 0 Å². The maximum Gasteiger partial charge on any atom is 0.126 e. The largest absolute Gasteiger partial charge is 0.388 e. The highest BCUT2D eigenvalue weighted by atomic mass is 35.5. The van der Waals surface area contributed by atoms with Crippen LogP contribution in [0.3, 0.4) is 0 Å². The number of aliphatic hydroxyl groups excluding tert-OH is 1. The molecule has 1 atom stereocenters. The second-order valence-electron chi connectivity index (χ2n) is 4.56. The van der Waals surface area contributed by atoms with Gasteiger partial charge in [-0.3, -0.25) is 0 Å². The van der Waals surface area contributed by atoms with Gasteiger partial charge >= 0.3 is 0 Å². The third kappa shape index (κ3) is 3.75. The lowest BCUT2D eigenvalue weighted by atomic mass is 10.00. The Labute approximate surface area is 115 Å². The number of benzene rings is 2. The van der Waals surface area contributed by atoms with Crippen LogP contribution in [-0.2, 0) is 6.42 Å². The van der Waals surface area contributed by atoms with Gasteiger partial charge in [0.25, 0.3) is 0 Å². The van der Waals surface area contributed by atoms with E-state index >= 15 is 0 Å². The van der Waals surface area contributed by atoms with E-state index in [9.17, 15) is 13.9 Å². The van der Waals surface area contributed by atoms with E-state index in [0.717, 1.165) is 11.6 Å². The van der Waals surface area contributed by atoms with Crippen LogP contribution < -0.4 is 0 Å². The molecule has 4 heteroatoms. The summed E-state index contributed by atoms with van der Waals surface area (Å²) in [4.78, 5) is 0. The molecular formula is C15H13ClF2O. The van der Waals surface area contributed by atoms with Crippen LogP contribution >= 0.6 is 11.6 Å². The summed E-state index contributed by atoms with van der Waals surface area (Å²) in [5.74, 6) is -1.30. The quantitative estimate of drug-likeness (QED) is 0.894. The Kier molecular flexibility index (Phi) is 4.17. The fraction of sp³-hybridized carbons (Fsp3) is 0.200. The first-order valence-electron chi connectivity index (χ1n) is 5.84. The Hall–Kier alpha value is -1.45. The molecule has 0 aliphatic rings. The molecule has 0 spiro atoms. The standard InChI is InChI=1S/C15H13ClF2O/c1-9-2-11(7-12(16)3-9)15(19)6-10-4-13(17)8-14(18)5-10/h2-5,7-8,15,19H,6H2,1H3. The van der Waals surface area contributed by atoms with Gasteiger partial charge in [0.15, 0.2) is 0 Å². The zero-order valence-corrected chi connectivity index (χ0v) is 11.1. The third-order valence-electron chi connectivity index (χ3n) is 2.80. The van der Waals surface area contributed by atoms with Crippen molar-refractivity contribution in [2.75, 3.05) is 0 Å². The van der Waals surface area contributed by atoms with Crippen LogP contribution in [0.5, 0.6) is 0 Å². The normalized spacial score (nSPS) is 12.5. The van der Waals surface area contributed by atoms with Crippen LogP contribution in [-0.4, -0.2) is 5.11 Å². The second kappa shape index (κ2) is 5.68. The van der Waals surface area contributed by atoms with E-state index in [-0.39, 0.29) is 6.42 Å². The second-order valence-corrected chi connectivity index (χ2v) is 5.00. The summed E-state index contributed by atoms with van der Waals surface area (Å²) in [5, 5.41) is 10.6. The fourth-order valence-electron chi connectivity index (χ4n) is 2.03. The van der Waals surface area contributed by atoms with E-state index in [1.165, 1.54) is 12.1 Å². The lowest BCUT2D eigenvalue weighted by Gasteiger charge is -2.12. The smallest absolute Gasteiger partial charge is 0.126 e. The van der Waals surface area contributed by atoms with Gasteiger partial charge in [-0.25, -0.2) is 8.78 Å². The predicted octanol–water partition coefficient (Wildman–Crippen LogP) is 4.20. The van der Waals surface area contributed by atoms with Crippen molar-refractivity contribution in [3.8, 4) is 0 Å². The molecule has 2 aromatic rings. The number of aliphatic hydroxyl groups is 1. The van der Waals surface area contributed by atoms with E-state index in [0.29, 0.717) is 16.1 Å². The van der Waals surface area contributed by atoms with Gasteiger partial charge in [-0.05, 0) is 47.9 Å². The topological polar surface area (TPSA) is 20.2 Å². The molecule has 0 saturated carbocycles. The maximum atomic E-state index is 13.1. The molecule has 1 nitrogen and oxygen atoms in total. The molecule has 1 unspecified atom stereocenters. The molecule has 19 heavy (non-hydrogen) atoms. The van der Waals surface area contributed by atoms with Crippen molar-refractivity contribution in [1.29, 1.82) is 0 Å². The minimum absolute atomic E-state index is 0.133. The van der Waals surface area contributed by atoms with Crippen LogP contribution in [0.2, 0.25) is 5.02 Å². The van der Waals surface area contributed by atoms with E-state index < -0.39 is 17.7 Å². The monoisotopic (exact) mass is 282 g/mol. The van der Waals surface area contributed by atoms with Gasteiger partial charge in [0.1, 0.15) is 11.6 Å². The van der Waals surface area contributed by atoms with Crippen molar-refractivity contribution in [2.24, 2.45) is 0 Å². The Balaban J connectivity index is 2.22. The van der Waals surface area contributed by atoms with Crippen LogP contribution in [0.25, 0.3) is 0 Å². The number of halogens is 3. The molecule has 0 aliphatic heterocycles. The van der Waals surface area contributed by atoms with Gasteiger partial charge in [0.05, 0.1) is 6.10 Å². The summed E-state index contributed by atoms with van der Waals surface area (Å²) in [6.45, 7) is 1.87. The van der Waals surface area contributed by atoms with Crippen LogP contribution in [0.15, 0.2) is 36.4 Å². The first kappa shape index (κ1) is 14.0. The van der Waals surface area contributed by atoms with E-state index in [1.54, 1.807) is 18.2 Å². The van der Waals surface area contributed by atoms with Gasteiger partial charge in [-0.2, -0.15) is 0 Å². The lowest BCUT2D eigenvalue weighted by Crippen LogP contribution is -2.03. The molecule has 0 saturated heterocycles. The minimum Gasteiger partial charge on any atom is -0.388 e. The predicted molar refractivity (Wildman–Crippen MR) is 71.2 cm³/mol. The number of hydrogen-bond donors (Lipinski definition) is 1. The average Bonchev–Trinajstić information content (AvgIpc) is 2.25. The molecule has 0 aliphatic carbocycles. The highest BCUT2D eigenvalue weighted by molar-refractivity contribution is 6.30. The van der Waals surface area contributed by atoms with Crippen molar-refractivity contribution in [2.45, 2.75) is 19.4 Å². The van der Waals surface area contributed by atoms with Crippen molar-refractivity contribution >= 4 is 11.6 Å². The molecule has 2 aromatic carbocycles. The minimum atomic E-state index is -0.849. The molecule has 0 bridgehead atoms. The summed E-state index contributed by atoms with van der Waals surface area (Å²) in [5.41, 5.74) is 1.96. The van der Waals surface area contributed by atoms with Crippen molar-refractivity contribution < 1.29 is 13.9 Å². The number of hydrogen-bond acceptors (Lipinski definition) is 1. The maximum absolute atomic E-state index is 13.1. The van der Waals surface area contributed by atoms with E-state index in [2.05, 4.69) is 0 Å². The summed E-state index contributed by atoms with van der Waals surface area (Å²) in [6, 6.07) is 8.45. The van der Waals surface area contributed by atoms with Crippen molar-refractivity contribution in [1.82, 2.24) is 0 Å². The Morgan fingerprint density at radius 1 is 1.05 bits per heavy atom. The molecule has 0 fully saturated rings. The first-order valence-corrected chi connectivity index (χ1v) is 6.22. The van der Waals surface area contributed by atoms with Gasteiger partial charge in [0.2, 0.25) is 0 Å². The van der Waals surface area contributed by atoms with Gasteiger partial charge in [-0.1, -0.05) is 17.7 Å². The summed E-state index contributed by atoms with van der Waals surface area (Å²) in [6.07, 6.45) is -0.715. The Morgan fingerprint density at radius 2 is 1.68 bits per heavy atom. The molecule has 2 rings (SSSR count). The zero-order chi connectivity index (χ0) is 14.0. The highest BCUT2D eigenvalue weighted by Gasteiger charge is 2.11. The average molecular weight is 283 g/mol. The van der Waals surface area contributed by atoms with Crippen LogP contribution in [0.4, 0.5) is 8.78 Å². The molecule has 0 radical (unpaired) electrons. The summed E-state index contributed by atoms with van der Waals surface area (Å²) < 4.78 is 26.1. The zero-order valence-electron chi connectivity index (χ0n) is 10.3. The fourth-order valence-corrected chi connectivity index (χ4v) is 2.32. The SMILES string of the molecule is Cc1cc(Cl)cc(C(O)Cc2cc(F)cc(F)c2)c1. The molecule has 0 amide bonds. The van der Waals surface area contributed by atoms with Crippen LogP contribution in [0, 0.1) is 18.6 Å². The number of rotatable bonds is 3. The van der Waals surface area contributed by atoms with Gasteiger partial charge in [-0.15, -0.1) is 0 Å². The Morgan fingerprint density at radius 3 is 2.26 bits per heavy atom. The van der Waals surface area contributed by atoms with Gasteiger partial charge < -0.3 is 5.11 Å². The van der Waals surface area contributed by atoms with Crippen molar-refractivity contribution in [3.05, 3.63) is 69.7 Å². The third-order valence-corrected chi connectivity index (χ3v) is 3.02. The summed E-state index contributed by atoms with van der Waals surface area (Å²) >= 11 is 5.92. The molecule has 100 valence electrons. The number of aryl methyl sites for hydroxylation is 1.